The fraction of sp³-hybridized carbons (Fsp3) is 0.120. The lowest BCUT2D eigenvalue weighted by atomic mass is 9.97. The molecular weight excluding hydrogens is 474 g/mol. The van der Waals surface area contributed by atoms with Crippen LogP contribution in [-0.2, 0) is 6.18 Å². The summed E-state index contributed by atoms with van der Waals surface area (Å²) < 4.78 is 52.0. The van der Waals surface area contributed by atoms with Crippen LogP contribution in [0.3, 0.4) is 0 Å². The molecule has 2 aromatic carbocycles. The monoisotopic (exact) mass is 491 g/mol. The van der Waals surface area contributed by atoms with Crippen molar-refractivity contribution in [3.63, 3.8) is 0 Å². The molecule has 0 aliphatic carbocycles. The molecule has 5 aromatic rings. The van der Waals surface area contributed by atoms with Gasteiger partial charge in [0.05, 0.1) is 11.6 Å². The molecule has 7 nitrogen and oxygen atoms in total. The van der Waals surface area contributed by atoms with Gasteiger partial charge < -0.3 is 5.32 Å². The SMILES string of the molecule is C[C@@H](Nc1ncnc2c(-c3cncnc3)cc(-c3ccc(F)cc3)cc12)c1cnc(C(F)(F)F)nc1. The highest BCUT2D eigenvalue weighted by molar-refractivity contribution is 6.02. The van der Waals surface area contributed by atoms with Crippen molar-refractivity contribution in [1.29, 1.82) is 0 Å². The van der Waals surface area contributed by atoms with E-state index in [-0.39, 0.29) is 5.82 Å². The molecule has 0 aliphatic heterocycles. The van der Waals surface area contributed by atoms with E-state index in [1.54, 1.807) is 31.5 Å². The van der Waals surface area contributed by atoms with Gasteiger partial charge in [-0.3, -0.25) is 0 Å². The molecule has 0 amide bonds. The van der Waals surface area contributed by atoms with E-state index in [0.717, 1.165) is 34.6 Å². The average molecular weight is 491 g/mol. The predicted octanol–water partition coefficient (Wildman–Crippen LogP) is 5.87. The molecule has 0 unspecified atom stereocenters. The van der Waals surface area contributed by atoms with Crippen molar-refractivity contribution in [3.8, 4) is 22.3 Å². The van der Waals surface area contributed by atoms with Crippen LogP contribution in [0, 0.1) is 5.82 Å². The molecule has 0 fully saturated rings. The van der Waals surface area contributed by atoms with Gasteiger partial charge in [0.25, 0.3) is 0 Å². The number of rotatable bonds is 5. The maximum absolute atomic E-state index is 13.5. The molecule has 1 atom stereocenters. The van der Waals surface area contributed by atoms with Crippen LogP contribution >= 0.6 is 0 Å². The summed E-state index contributed by atoms with van der Waals surface area (Å²) in [6.45, 7) is 1.76. The van der Waals surface area contributed by atoms with Crippen LogP contribution in [0.4, 0.5) is 23.4 Å². The minimum Gasteiger partial charge on any atom is -0.363 e. The Labute approximate surface area is 202 Å². The molecule has 5 rings (SSSR count). The van der Waals surface area contributed by atoms with E-state index in [4.69, 9.17) is 0 Å². The number of halogens is 4. The van der Waals surface area contributed by atoms with E-state index in [0.29, 0.717) is 22.3 Å². The average Bonchev–Trinajstić information content (AvgIpc) is 2.89. The lowest BCUT2D eigenvalue weighted by molar-refractivity contribution is -0.145. The highest BCUT2D eigenvalue weighted by atomic mass is 19.4. The number of anilines is 1. The number of hydrogen-bond donors (Lipinski definition) is 1. The van der Waals surface area contributed by atoms with Crippen LogP contribution in [0.5, 0.6) is 0 Å². The standard InChI is InChI=1S/C25H17F4N7/c1-14(17-10-32-24(33-11-17)25(27,28)29)36-23-21-7-16(15-2-4-19(26)5-3-15)6-20(22(21)34-13-35-23)18-8-30-12-31-9-18/h2-14H,1H3,(H,34,35,36)/t14-/m1/s1. The summed E-state index contributed by atoms with van der Waals surface area (Å²) in [5.74, 6) is -1.10. The van der Waals surface area contributed by atoms with Crippen molar-refractivity contribution in [2.45, 2.75) is 19.1 Å². The second-order valence-electron chi connectivity index (χ2n) is 7.98. The smallest absolute Gasteiger partial charge is 0.363 e. The zero-order valence-electron chi connectivity index (χ0n) is 18.7. The van der Waals surface area contributed by atoms with E-state index in [2.05, 4.69) is 35.2 Å². The second-order valence-corrected chi connectivity index (χ2v) is 7.98. The van der Waals surface area contributed by atoms with E-state index >= 15 is 0 Å². The normalized spacial score (nSPS) is 12.5. The van der Waals surface area contributed by atoms with Gasteiger partial charge in [-0.2, -0.15) is 13.2 Å². The topological polar surface area (TPSA) is 89.4 Å². The molecule has 0 bridgehead atoms. The number of benzene rings is 2. The number of nitrogens with one attached hydrogen (secondary N) is 1. The van der Waals surface area contributed by atoms with Gasteiger partial charge in [0.2, 0.25) is 5.82 Å². The van der Waals surface area contributed by atoms with Gasteiger partial charge in [-0.15, -0.1) is 0 Å². The molecule has 11 heteroatoms. The Morgan fingerprint density at radius 3 is 2.14 bits per heavy atom. The highest BCUT2D eigenvalue weighted by Crippen LogP contribution is 2.36. The van der Waals surface area contributed by atoms with E-state index in [1.807, 2.05) is 12.1 Å². The Morgan fingerprint density at radius 1 is 0.778 bits per heavy atom. The summed E-state index contributed by atoms with van der Waals surface area (Å²) in [6.07, 6.45) is 3.78. The van der Waals surface area contributed by atoms with E-state index in [9.17, 15) is 17.6 Å². The molecular formula is C25H17F4N7. The summed E-state index contributed by atoms with van der Waals surface area (Å²) in [5.41, 5.74) is 4.08. The van der Waals surface area contributed by atoms with Crippen molar-refractivity contribution in [2.24, 2.45) is 0 Å². The summed E-state index contributed by atoms with van der Waals surface area (Å²) in [7, 11) is 0. The van der Waals surface area contributed by atoms with Gasteiger partial charge in [0.1, 0.15) is 24.3 Å². The van der Waals surface area contributed by atoms with Crippen LogP contribution in [0.15, 0.2) is 73.8 Å². The van der Waals surface area contributed by atoms with Gasteiger partial charge >= 0.3 is 6.18 Å². The number of nitrogens with zero attached hydrogens (tertiary/aromatic N) is 6. The Kier molecular flexibility index (Phi) is 5.96. The third kappa shape index (κ3) is 4.67. The summed E-state index contributed by atoms with van der Waals surface area (Å²) >= 11 is 0. The van der Waals surface area contributed by atoms with Gasteiger partial charge in [-0.25, -0.2) is 34.3 Å². The summed E-state index contributed by atoms with van der Waals surface area (Å²) in [4.78, 5) is 23.9. The van der Waals surface area contributed by atoms with Gasteiger partial charge in [0, 0.05) is 46.9 Å². The summed E-state index contributed by atoms with van der Waals surface area (Å²) in [6, 6.07) is 9.40. The van der Waals surface area contributed by atoms with E-state index < -0.39 is 18.0 Å². The lowest BCUT2D eigenvalue weighted by Crippen LogP contribution is -2.14. The van der Waals surface area contributed by atoms with Crippen LogP contribution in [0.2, 0.25) is 0 Å². The van der Waals surface area contributed by atoms with Gasteiger partial charge in [0.15, 0.2) is 0 Å². The van der Waals surface area contributed by atoms with Crippen molar-refractivity contribution in [3.05, 3.63) is 91.0 Å². The molecule has 180 valence electrons. The molecule has 1 N–H and O–H groups in total. The van der Waals surface area contributed by atoms with Crippen LogP contribution < -0.4 is 5.32 Å². The first-order chi connectivity index (χ1) is 17.3. The number of alkyl halides is 3. The first-order valence-corrected chi connectivity index (χ1v) is 10.8. The quantitative estimate of drug-likeness (QED) is 0.307. The Morgan fingerprint density at radius 2 is 1.47 bits per heavy atom. The molecule has 3 heterocycles. The number of hydrogen-bond acceptors (Lipinski definition) is 7. The molecule has 3 aromatic heterocycles. The Bertz CT molecular complexity index is 1510. The Hall–Kier alpha value is -4.54. The zero-order chi connectivity index (χ0) is 25.3. The molecule has 0 aliphatic rings. The summed E-state index contributed by atoms with van der Waals surface area (Å²) in [5, 5.41) is 3.87. The number of fused-ring (bicyclic) bond motifs is 1. The maximum atomic E-state index is 13.5. The molecule has 0 radical (unpaired) electrons. The van der Waals surface area contributed by atoms with Crippen LogP contribution in [-0.4, -0.2) is 29.9 Å². The minimum atomic E-state index is -4.62. The molecule has 0 saturated carbocycles. The maximum Gasteiger partial charge on any atom is 0.451 e. The van der Waals surface area contributed by atoms with Crippen molar-refractivity contribution in [1.82, 2.24) is 29.9 Å². The van der Waals surface area contributed by atoms with Crippen LogP contribution in [0.1, 0.15) is 24.4 Å². The highest BCUT2D eigenvalue weighted by Gasteiger charge is 2.34. The minimum absolute atomic E-state index is 0.352. The zero-order valence-corrected chi connectivity index (χ0v) is 18.7. The predicted molar refractivity (Wildman–Crippen MR) is 125 cm³/mol. The van der Waals surface area contributed by atoms with Crippen molar-refractivity contribution >= 4 is 16.7 Å². The fourth-order valence-corrected chi connectivity index (χ4v) is 3.75. The second kappa shape index (κ2) is 9.25. The van der Waals surface area contributed by atoms with E-state index in [1.165, 1.54) is 24.8 Å². The number of aromatic nitrogens is 6. The third-order valence-corrected chi connectivity index (χ3v) is 5.57. The van der Waals surface area contributed by atoms with Gasteiger partial charge in [-0.1, -0.05) is 12.1 Å². The van der Waals surface area contributed by atoms with Crippen molar-refractivity contribution < 1.29 is 17.6 Å². The first kappa shape index (κ1) is 23.2. The van der Waals surface area contributed by atoms with Gasteiger partial charge in [-0.05, 0) is 42.3 Å². The van der Waals surface area contributed by atoms with Crippen molar-refractivity contribution in [2.75, 3.05) is 5.32 Å². The Balaban J connectivity index is 1.60. The molecule has 36 heavy (non-hydrogen) atoms. The molecule has 0 spiro atoms. The lowest BCUT2D eigenvalue weighted by Gasteiger charge is -2.18. The third-order valence-electron chi connectivity index (χ3n) is 5.57. The van der Waals surface area contributed by atoms with Crippen LogP contribution in [0.25, 0.3) is 33.2 Å². The fourth-order valence-electron chi connectivity index (χ4n) is 3.75. The molecule has 0 saturated heterocycles. The largest absolute Gasteiger partial charge is 0.451 e. The first-order valence-electron chi connectivity index (χ1n) is 10.8.